The van der Waals surface area contributed by atoms with E-state index in [9.17, 15) is 0 Å². The Morgan fingerprint density at radius 2 is 1.97 bits per heavy atom. The number of H-pyrrole nitrogens is 1. The molecule has 2 aliphatic heterocycles. The van der Waals surface area contributed by atoms with E-state index < -0.39 is 0 Å². The highest BCUT2D eigenvalue weighted by Crippen LogP contribution is 2.31. The molecule has 2 fully saturated rings. The lowest BCUT2D eigenvalue weighted by Crippen LogP contribution is -2.54. The second kappa shape index (κ2) is 7.38. The predicted octanol–water partition coefficient (Wildman–Crippen LogP) is 2.10. The van der Waals surface area contributed by atoms with Crippen molar-refractivity contribution in [3.8, 4) is 16.9 Å². The molecule has 5 heterocycles. The molecule has 0 amide bonds. The number of nitrogens with one attached hydrogen (secondary N) is 2. The van der Waals surface area contributed by atoms with Gasteiger partial charge in [0.1, 0.15) is 18.3 Å². The Morgan fingerprint density at radius 3 is 2.71 bits per heavy atom. The predicted molar refractivity (Wildman–Crippen MR) is 116 cm³/mol. The molecular formula is C21H24N10. The van der Waals surface area contributed by atoms with Crippen molar-refractivity contribution in [1.82, 2.24) is 45.5 Å². The van der Waals surface area contributed by atoms with Crippen LogP contribution < -0.4 is 10.2 Å². The summed E-state index contributed by atoms with van der Waals surface area (Å²) >= 11 is 0. The fraction of sp³-hybridized carbons (Fsp3) is 0.429. The molecule has 31 heavy (non-hydrogen) atoms. The molecule has 10 heteroatoms. The third kappa shape index (κ3) is 3.23. The van der Waals surface area contributed by atoms with Crippen molar-refractivity contribution < 1.29 is 0 Å². The first kappa shape index (κ1) is 18.4. The molecule has 0 aliphatic carbocycles. The third-order valence-corrected chi connectivity index (χ3v) is 6.64. The number of piperidine rings is 2. The molecule has 3 atom stereocenters. The Labute approximate surface area is 179 Å². The molecule has 4 aromatic rings. The zero-order valence-corrected chi connectivity index (χ0v) is 17.3. The van der Waals surface area contributed by atoms with Gasteiger partial charge in [0.2, 0.25) is 5.95 Å². The molecule has 0 saturated carbocycles. The zero-order chi connectivity index (χ0) is 20.8. The van der Waals surface area contributed by atoms with E-state index in [0.29, 0.717) is 24.1 Å². The Kier molecular flexibility index (Phi) is 4.37. The minimum Gasteiger partial charge on any atom is -0.339 e. The van der Waals surface area contributed by atoms with Crippen LogP contribution in [0.2, 0.25) is 0 Å². The van der Waals surface area contributed by atoms with Crippen molar-refractivity contribution in [2.75, 3.05) is 11.9 Å². The molecule has 1 aromatic carbocycles. The Morgan fingerprint density at radius 1 is 1.10 bits per heavy atom. The van der Waals surface area contributed by atoms with Gasteiger partial charge in [-0.25, -0.2) is 14.6 Å². The second-order valence-electron chi connectivity index (χ2n) is 8.50. The number of aromatic amines is 1. The van der Waals surface area contributed by atoms with Crippen LogP contribution in [0.1, 0.15) is 32.1 Å². The van der Waals surface area contributed by atoms with Crippen molar-refractivity contribution in [3.05, 3.63) is 37.2 Å². The molecular weight excluding hydrogens is 392 g/mol. The number of benzene rings is 1. The first-order chi connectivity index (χ1) is 15.3. The van der Waals surface area contributed by atoms with Crippen molar-refractivity contribution >= 4 is 16.9 Å². The van der Waals surface area contributed by atoms with Crippen molar-refractivity contribution in [3.63, 3.8) is 0 Å². The third-order valence-electron chi connectivity index (χ3n) is 6.64. The topological polar surface area (TPSA) is 113 Å². The molecule has 6 rings (SSSR count). The number of anilines is 1. The fourth-order valence-corrected chi connectivity index (χ4v) is 5.04. The smallest absolute Gasteiger partial charge is 0.245 e. The van der Waals surface area contributed by atoms with Gasteiger partial charge in [-0.3, -0.25) is 5.10 Å². The largest absolute Gasteiger partial charge is 0.339 e. The lowest BCUT2D eigenvalue weighted by atomic mass is 9.83. The van der Waals surface area contributed by atoms with Gasteiger partial charge in [0, 0.05) is 36.1 Å². The van der Waals surface area contributed by atoms with Crippen LogP contribution in [0.15, 0.2) is 37.2 Å². The average Bonchev–Trinajstić information content (AvgIpc) is 3.50. The highest BCUT2D eigenvalue weighted by atomic mass is 15.3. The highest BCUT2D eigenvalue weighted by molar-refractivity contribution is 5.97. The SMILES string of the molecule is CN(c1ncc(-c2ccc(-n3cncn3)c3[nH]ncc23)nn1)C1C[C@H]2CCC[C@@H](C1)N2. The molecule has 0 radical (unpaired) electrons. The molecule has 158 valence electrons. The minimum atomic E-state index is 0.451. The maximum atomic E-state index is 4.66. The summed E-state index contributed by atoms with van der Waals surface area (Å²) in [4.78, 5) is 10.9. The van der Waals surface area contributed by atoms with Gasteiger partial charge < -0.3 is 10.2 Å². The number of hydrogen-bond acceptors (Lipinski definition) is 8. The number of nitrogens with zero attached hydrogens (tertiary/aromatic N) is 8. The van der Waals surface area contributed by atoms with E-state index in [2.05, 4.69) is 52.7 Å². The van der Waals surface area contributed by atoms with Gasteiger partial charge in [-0.1, -0.05) is 6.42 Å². The van der Waals surface area contributed by atoms with Crippen molar-refractivity contribution in [2.24, 2.45) is 0 Å². The maximum absolute atomic E-state index is 4.66. The standard InChI is InChI=1S/C21H24N10/c1-30(15-7-13-3-2-4-14(8-15)26-13)21-23-10-18(27-29-21)16-5-6-19(31-12-22-11-25-31)20-17(16)9-24-28-20/h5-6,9-15,26H,2-4,7-8H2,1H3,(H,24,28)/t13-,14+,15?. The van der Waals surface area contributed by atoms with E-state index in [0.717, 1.165) is 40.7 Å². The summed E-state index contributed by atoms with van der Waals surface area (Å²) in [6.45, 7) is 0. The number of fused-ring (bicyclic) bond motifs is 3. The molecule has 2 N–H and O–H groups in total. The van der Waals surface area contributed by atoms with Crippen molar-refractivity contribution in [1.29, 1.82) is 0 Å². The molecule has 2 saturated heterocycles. The van der Waals surface area contributed by atoms with Crippen LogP contribution in [0.25, 0.3) is 27.8 Å². The number of aromatic nitrogens is 8. The van der Waals surface area contributed by atoms with Crippen LogP contribution in [0.4, 0.5) is 5.95 Å². The Balaban J connectivity index is 1.28. The van der Waals surface area contributed by atoms with Gasteiger partial charge in [-0.2, -0.15) is 10.2 Å². The quantitative estimate of drug-likeness (QED) is 0.520. The Hall–Kier alpha value is -3.40. The van der Waals surface area contributed by atoms with Crippen molar-refractivity contribution in [2.45, 2.75) is 50.2 Å². The fourth-order valence-electron chi connectivity index (χ4n) is 5.04. The summed E-state index contributed by atoms with van der Waals surface area (Å²) in [5, 5.41) is 25.2. The highest BCUT2D eigenvalue weighted by Gasteiger charge is 2.33. The summed E-state index contributed by atoms with van der Waals surface area (Å²) in [7, 11) is 2.09. The molecule has 0 spiro atoms. The number of hydrogen-bond donors (Lipinski definition) is 2. The zero-order valence-electron chi connectivity index (χ0n) is 17.3. The minimum absolute atomic E-state index is 0.451. The van der Waals surface area contributed by atoms with Gasteiger partial charge in [-0.05, 0) is 37.8 Å². The molecule has 10 nitrogen and oxygen atoms in total. The summed E-state index contributed by atoms with van der Waals surface area (Å²) in [6, 6.07) is 5.65. The normalized spacial score (nSPS) is 23.2. The first-order valence-electron chi connectivity index (χ1n) is 10.8. The van der Waals surface area contributed by atoms with Gasteiger partial charge in [0.15, 0.2) is 0 Å². The van der Waals surface area contributed by atoms with E-state index >= 15 is 0 Å². The van der Waals surface area contributed by atoms with E-state index in [1.54, 1.807) is 23.4 Å². The average molecular weight is 416 g/mol. The van der Waals surface area contributed by atoms with E-state index in [4.69, 9.17) is 0 Å². The van der Waals surface area contributed by atoms with Crippen LogP contribution in [0, 0.1) is 0 Å². The van der Waals surface area contributed by atoms with Gasteiger partial charge in [0.25, 0.3) is 0 Å². The van der Waals surface area contributed by atoms with Crippen LogP contribution >= 0.6 is 0 Å². The molecule has 1 unspecified atom stereocenters. The van der Waals surface area contributed by atoms with E-state index in [1.165, 1.54) is 25.6 Å². The summed E-state index contributed by atoms with van der Waals surface area (Å²) < 4.78 is 1.71. The molecule has 2 bridgehead atoms. The lowest BCUT2D eigenvalue weighted by Gasteiger charge is -2.43. The van der Waals surface area contributed by atoms with Gasteiger partial charge in [0.05, 0.1) is 23.6 Å². The lowest BCUT2D eigenvalue weighted by molar-refractivity contribution is 0.218. The van der Waals surface area contributed by atoms with Crippen LogP contribution in [-0.4, -0.2) is 65.3 Å². The molecule has 2 aliphatic rings. The number of rotatable bonds is 4. The second-order valence-corrected chi connectivity index (χ2v) is 8.50. The van der Waals surface area contributed by atoms with Crippen LogP contribution in [-0.2, 0) is 0 Å². The van der Waals surface area contributed by atoms with Gasteiger partial charge in [-0.15, -0.1) is 10.2 Å². The first-order valence-corrected chi connectivity index (χ1v) is 10.8. The van der Waals surface area contributed by atoms with Crippen LogP contribution in [0.5, 0.6) is 0 Å². The monoisotopic (exact) mass is 416 g/mol. The maximum Gasteiger partial charge on any atom is 0.245 e. The Bertz CT molecular complexity index is 1170. The summed E-state index contributed by atoms with van der Waals surface area (Å²) in [5.41, 5.74) is 3.39. The summed E-state index contributed by atoms with van der Waals surface area (Å²) in [6.07, 6.45) is 12.9. The van der Waals surface area contributed by atoms with E-state index in [1.807, 2.05) is 12.1 Å². The summed E-state index contributed by atoms with van der Waals surface area (Å²) in [5.74, 6) is 0.677. The van der Waals surface area contributed by atoms with Gasteiger partial charge >= 0.3 is 0 Å². The van der Waals surface area contributed by atoms with E-state index in [-0.39, 0.29) is 0 Å². The van der Waals surface area contributed by atoms with Crippen LogP contribution in [0.3, 0.4) is 0 Å². The molecule has 3 aromatic heterocycles.